The third-order valence-corrected chi connectivity index (χ3v) is 4.54. The number of rotatable bonds is 5. The van der Waals surface area contributed by atoms with Crippen molar-refractivity contribution in [3.63, 3.8) is 0 Å². The Morgan fingerprint density at radius 3 is 2.89 bits per heavy atom. The van der Waals surface area contributed by atoms with Crippen molar-refractivity contribution in [2.45, 2.75) is 6.92 Å². The van der Waals surface area contributed by atoms with E-state index in [1.807, 2.05) is 13.0 Å². The molecule has 2 N–H and O–H groups in total. The van der Waals surface area contributed by atoms with Gasteiger partial charge < -0.3 is 10.5 Å². The summed E-state index contributed by atoms with van der Waals surface area (Å²) in [6.45, 7) is 2.36. The first-order valence-corrected chi connectivity index (χ1v) is 8.74. The Kier molecular flexibility index (Phi) is 5.34. The highest BCUT2D eigenvalue weighted by molar-refractivity contribution is 6.35. The molecule has 28 heavy (non-hydrogen) atoms. The zero-order valence-electron chi connectivity index (χ0n) is 15.2. The van der Waals surface area contributed by atoms with Gasteiger partial charge in [0.25, 0.3) is 0 Å². The van der Waals surface area contributed by atoms with Gasteiger partial charge in [-0.1, -0.05) is 11.6 Å². The Morgan fingerprint density at radius 1 is 1.46 bits per heavy atom. The summed E-state index contributed by atoms with van der Waals surface area (Å²) in [5.41, 5.74) is 7.05. The van der Waals surface area contributed by atoms with E-state index in [1.54, 1.807) is 23.9 Å². The lowest BCUT2D eigenvalue weighted by atomic mass is 9.94. The Morgan fingerprint density at radius 2 is 2.21 bits per heavy atom. The van der Waals surface area contributed by atoms with E-state index >= 15 is 0 Å². The van der Waals surface area contributed by atoms with Crippen molar-refractivity contribution in [1.82, 2.24) is 9.78 Å². The number of hydrogen-bond donors (Lipinski definition) is 1. The summed E-state index contributed by atoms with van der Waals surface area (Å²) >= 11 is 6.05. The van der Waals surface area contributed by atoms with E-state index in [9.17, 15) is 14.4 Å². The molecule has 0 amide bonds. The number of aryl methyl sites for hydroxylation is 1. The van der Waals surface area contributed by atoms with Crippen LogP contribution in [-0.2, 0) is 11.8 Å². The Bertz CT molecular complexity index is 1160. The van der Waals surface area contributed by atoms with Gasteiger partial charge in [0, 0.05) is 23.7 Å². The van der Waals surface area contributed by atoms with E-state index in [0.29, 0.717) is 23.2 Å². The van der Waals surface area contributed by atoms with Crippen LogP contribution in [0.25, 0.3) is 17.0 Å². The van der Waals surface area contributed by atoms with Crippen LogP contribution in [0, 0.1) is 17.1 Å². The number of benzene rings is 2. The lowest BCUT2D eigenvalue weighted by Crippen LogP contribution is -2.10. The number of aromatic nitrogens is 2. The fourth-order valence-corrected chi connectivity index (χ4v) is 3.14. The van der Waals surface area contributed by atoms with Gasteiger partial charge in [-0.05, 0) is 37.3 Å². The summed E-state index contributed by atoms with van der Waals surface area (Å²) in [4.78, 5) is 13.0. The number of carbonyl (C=O) groups is 1. The molecule has 0 fully saturated rings. The highest BCUT2D eigenvalue weighted by atomic mass is 35.5. The molecule has 3 rings (SSSR count). The minimum absolute atomic E-state index is 0.00647. The third-order valence-electron chi connectivity index (χ3n) is 4.21. The molecule has 142 valence electrons. The Labute approximate surface area is 165 Å². The van der Waals surface area contributed by atoms with Crippen molar-refractivity contribution in [2.24, 2.45) is 7.05 Å². The average Bonchev–Trinajstić information content (AvgIpc) is 2.97. The van der Waals surface area contributed by atoms with Gasteiger partial charge >= 0.3 is 0 Å². The number of hydrogen-bond acceptors (Lipinski definition) is 5. The normalized spacial score (nSPS) is 11.1. The maximum absolute atomic E-state index is 13.6. The third kappa shape index (κ3) is 3.30. The molecule has 8 heteroatoms. The zero-order valence-corrected chi connectivity index (χ0v) is 15.9. The van der Waals surface area contributed by atoms with Crippen molar-refractivity contribution in [1.29, 1.82) is 5.26 Å². The highest BCUT2D eigenvalue weighted by Gasteiger charge is 2.25. The minimum Gasteiger partial charge on any atom is -0.501 e. The standard InChI is InChI=1S/C20H16ClFN4O2/c1-3-28-7-6-17-13-9-16(24)18(14(10-23)19(13)25-26(17)2)20(27)12-8-11(22)4-5-15(12)21/h4-9H,3,24H2,1-2H3/b7-6+. The van der Waals surface area contributed by atoms with Gasteiger partial charge in [0.05, 0.1) is 34.7 Å². The molecule has 0 atom stereocenters. The molecule has 0 aliphatic heterocycles. The molecule has 0 saturated carbocycles. The number of ether oxygens (including phenoxy) is 1. The van der Waals surface area contributed by atoms with Gasteiger partial charge in [0.15, 0.2) is 5.78 Å². The topological polar surface area (TPSA) is 93.9 Å². The number of nitriles is 1. The van der Waals surface area contributed by atoms with E-state index in [-0.39, 0.29) is 27.4 Å². The second-order valence-corrected chi connectivity index (χ2v) is 6.35. The van der Waals surface area contributed by atoms with Crippen LogP contribution >= 0.6 is 11.6 Å². The number of nitrogens with zero attached hydrogens (tertiary/aromatic N) is 3. The van der Waals surface area contributed by atoms with Gasteiger partial charge in [-0.3, -0.25) is 9.48 Å². The molecule has 0 bridgehead atoms. The van der Waals surface area contributed by atoms with Gasteiger partial charge in [-0.25, -0.2) is 4.39 Å². The predicted octanol–water partition coefficient (Wildman–Crippen LogP) is 4.06. The Hall–Kier alpha value is -3.37. The molecule has 0 aliphatic rings. The quantitative estimate of drug-likeness (QED) is 0.397. The van der Waals surface area contributed by atoms with Crippen LogP contribution in [0.5, 0.6) is 0 Å². The monoisotopic (exact) mass is 398 g/mol. The average molecular weight is 399 g/mol. The summed E-state index contributed by atoms with van der Waals surface area (Å²) in [5, 5.41) is 14.7. The van der Waals surface area contributed by atoms with Crippen LogP contribution in [0.15, 0.2) is 30.5 Å². The molecule has 0 radical (unpaired) electrons. The molecule has 6 nitrogen and oxygen atoms in total. The van der Waals surface area contributed by atoms with Crippen LogP contribution < -0.4 is 5.73 Å². The second kappa shape index (κ2) is 7.71. The van der Waals surface area contributed by atoms with E-state index in [0.717, 1.165) is 12.1 Å². The van der Waals surface area contributed by atoms with Crippen LogP contribution in [0.4, 0.5) is 10.1 Å². The lowest BCUT2D eigenvalue weighted by Gasteiger charge is -2.09. The van der Waals surface area contributed by atoms with E-state index in [4.69, 9.17) is 22.1 Å². The summed E-state index contributed by atoms with van der Waals surface area (Å²) in [6, 6.07) is 7.01. The molecule has 0 aliphatic carbocycles. The Balaban J connectivity index is 2.25. The van der Waals surface area contributed by atoms with Crippen molar-refractivity contribution < 1.29 is 13.9 Å². The van der Waals surface area contributed by atoms with Crippen LogP contribution in [-0.4, -0.2) is 22.2 Å². The predicted molar refractivity (Wildman–Crippen MR) is 105 cm³/mol. The molecule has 2 aromatic carbocycles. The van der Waals surface area contributed by atoms with Gasteiger partial charge in [-0.15, -0.1) is 0 Å². The molecule has 0 saturated heterocycles. The largest absolute Gasteiger partial charge is 0.501 e. The summed E-state index contributed by atoms with van der Waals surface area (Å²) < 4.78 is 20.4. The molecular weight excluding hydrogens is 383 g/mol. The maximum atomic E-state index is 13.6. The number of ketones is 1. The number of fused-ring (bicyclic) bond motifs is 1. The van der Waals surface area contributed by atoms with Crippen molar-refractivity contribution in [3.05, 3.63) is 63.8 Å². The first kappa shape index (κ1) is 19.4. The molecule has 1 aromatic heterocycles. The second-order valence-electron chi connectivity index (χ2n) is 5.94. The number of halogens is 2. The molecule has 1 heterocycles. The van der Waals surface area contributed by atoms with E-state index < -0.39 is 11.6 Å². The number of carbonyl (C=O) groups excluding carboxylic acids is 1. The summed E-state index contributed by atoms with van der Waals surface area (Å²) in [5.74, 6) is -1.26. The fraction of sp³-hybridized carbons (Fsp3) is 0.150. The lowest BCUT2D eigenvalue weighted by molar-refractivity contribution is 0.103. The van der Waals surface area contributed by atoms with Gasteiger partial charge in [0.2, 0.25) is 0 Å². The van der Waals surface area contributed by atoms with E-state index in [2.05, 4.69) is 5.10 Å². The number of nitrogen functional groups attached to an aromatic ring is 1. The number of nitrogens with two attached hydrogens (primary N) is 1. The van der Waals surface area contributed by atoms with E-state index in [1.165, 1.54) is 12.3 Å². The first-order chi connectivity index (χ1) is 13.4. The van der Waals surface area contributed by atoms with Crippen molar-refractivity contribution in [3.8, 4) is 6.07 Å². The van der Waals surface area contributed by atoms with Gasteiger partial charge in [0.1, 0.15) is 17.4 Å². The summed E-state index contributed by atoms with van der Waals surface area (Å²) in [6.07, 6.45) is 3.22. The van der Waals surface area contributed by atoms with Crippen LogP contribution in [0.1, 0.15) is 34.1 Å². The van der Waals surface area contributed by atoms with Crippen LogP contribution in [0.3, 0.4) is 0 Å². The summed E-state index contributed by atoms with van der Waals surface area (Å²) in [7, 11) is 1.70. The molecule has 0 unspecified atom stereocenters. The zero-order chi connectivity index (χ0) is 20.4. The first-order valence-electron chi connectivity index (χ1n) is 8.36. The number of anilines is 1. The smallest absolute Gasteiger partial charge is 0.198 e. The highest BCUT2D eigenvalue weighted by Crippen LogP contribution is 2.32. The van der Waals surface area contributed by atoms with Crippen LogP contribution in [0.2, 0.25) is 5.02 Å². The van der Waals surface area contributed by atoms with Crippen molar-refractivity contribution >= 4 is 40.1 Å². The molecule has 3 aromatic rings. The molecular formula is C20H16ClFN4O2. The fourth-order valence-electron chi connectivity index (χ4n) is 2.94. The van der Waals surface area contributed by atoms with Gasteiger partial charge in [-0.2, -0.15) is 10.4 Å². The SMILES string of the molecule is CCO/C=C/c1c2cc(N)c(C(=O)c3cc(F)ccc3Cl)c(C#N)c2nn1C. The molecule has 0 spiro atoms. The van der Waals surface area contributed by atoms with Crippen molar-refractivity contribution in [2.75, 3.05) is 12.3 Å². The maximum Gasteiger partial charge on any atom is 0.198 e. The minimum atomic E-state index is -0.641.